The number of amides is 1. The molecule has 0 rings (SSSR count). The zero-order valence-corrected chi connectivity index (χ0v) is 13.7. The number of aliphatic hydroxyl groups excluding tert-OH is 1. The van der Waals surface area contributed by atoms with E-state index in [1.807, 2.05) is 7.05 Å². The van der Waals surface area contributed by atoms with E-state index in [2.05, 4.69) is 13.8 Å². The van der Waals surface area contributed by atoms with E-state index in [4.69, 9.17) is 5.73 Å². The molecule has 120 valence electrons. The van der Waals surface area contributed by atoms with Crippen molar-refractivity contribution in [3.05, 3.63) is 0 Å². The maximum Gasteiger partial charge on any atom is 0.222 e. The van der Waals surface area contributed by atoms with Gasteiger partial charge in [0, 0.05) is 25.4 Å². The molecule has 0 saturated heterocycles. The van der Waals surface area contributed by atoms with E-state index >= 15 is 0 Å². The first-order chi connectivity index (χ1) is 9.55. The summed E-state index contributed by atoms with van der Waals surface area (Å²) in [5.74, 6) is 0.198. The molecule has 0 atom stereocenters. The van der Waals surface area contributed by atoms with Crippen LogP contribution in [-0.2, 0) is 4.79 Å². The lowest BCUT2D eigenvalue weighted by molar-refractivity contribution is -0.132. The van der Waals surface area contributed by atoms with E-state index < -0.39 is 0 Å². The molecule has 1 amide bonds. The topological polar surface area (TPSA) is 66.6 Å². The van der Waals surface area contributed by atoms with Gasteiger partial charge in [0.2, 0.25) is 5.91 Å². The second kappa shape index (κ2) is 11.1. The molecule has 0 fully saturated rings. The molecule has 0 heterocycles. The van der Waals surface area contributed by atoms with E-state index in [9.17, 15) is 9.90 Å². The zero-order valence-electron chi connectivity index (χ0n) is 13.7. The van der Waals surface area contributed by atoms with Gasteiger partial charge in [-0.05, 0) is 32.2 Å². The Hall–Kier alpha value is -0.610. The number of carbonyl (C=O) groups is 1. The number of nitrogens with zero attached hydrogens (tertiary/aromatic N) is 1. The fraction of sp³-hybridized carbons (Fsp3) is 0.938. The monoisotopic (exact) mass is 286 g/mol. The van der Waals surface area contributed by atoms with Crippen molar-refractivity contribution in [2.75, 3.05) is 26.7 Å². The van der Waals surface area contributed by atoms with Crippen LogP contribution in [0.4, 0.5) is 0 Å². The predicted molar refractivity (Wildman–Crippen MR) is 84.5 cm³/mol. The molecule has 0 aromatic heterocycles. The van der Waals surface area contributed by atoms with Gasteiger partial charge in [0.05, 0.1) is 6.61 Å². The van der Waals surface area contributed by atoms with Gasteiger partial charge < -0.3 is 15.7 Å². The van der Waals surface area contributed by atoms with Crippen LogP contribution in [0.15, 0.2) is 0 Å². The van der Waals surface area contributed by atoms with Gasteiger partial charge >= 0.3 is 0 Å². The number of aliphatic hydroxyl groups is 1. The average molecular weight is 286 g/mol. The van der Waals surface area contributed by atoms with E-state index in [0.29, 0.717) is 13.0 Å². The fourth-order valence-electron chi connectivity index (χ4n) is 2.48. The van der Waals surface area contributed by atoms with Crippen molar-refractivity contribution < 1.29 is 9.90 Å². The summed E-state index contributed by atoms with van der Waals surface area (Å²) >= 11 is 0. The number of hydrogen-bond acceptors (Lipinski definition) is 3. The summed E-state index contributed by atoms with van der Waals surface area (Å²) in [6.07, 6.45) is 7.89. The highest BCUT2D eigenvalue weighted by Crippen LogP contribution is 2.26. The van der Waals surface area contributed by atoms with Crippen molar-refractivity contribution in [1.29, 1.82) is 0 Å². The Balaban J connectivity index is 3.97. The number of unbranched alkanes of at least 4 members (excludes halogenated alkanes) is 4. The summed E-state index contributed by atoms with van der Waals surface area (Å²) in [4.78, 5) is 13.9. The van der Waals surface area contributed by atoms with Crippen LogP contribution in [0.2, 0.25) is 0 Å². The molecular formula is C16H34N2O2. The Kier molecular flexibility index (Phi) is 10.8. The Bertz CT molecular complexity index is 245. The van der Waals surface area contributed by atoms with Crippen LogP contribution in [0.1, 0.15) is 65.2 Å². The number of carbonyl (C=O) groups excluding carboxylic acids is 1. The van der Waals surface area contributed by atoms with E-state index in [1.165, 1.54) is 12.8 Å². The van der Waals surface area contributed by atoms with Gasteiger partial charge in [0.15, 0.2) is 0 Å². The molecule has 4 heteroatoms. The summed E-state index contributed by atoms with van der Waals surface area (Å²) in [6.45, 7) is 5.73. The molecule has 20 heavy (non-hydrogen) atoms. The highest BCUT2D eigenvalue weighted by Gasteiger charge is 2.28. The Labute approximate surface area is 124 Å². The highest BCUT2D eigenvalue weighted by molar-refractivity contribution is 5.75. The molecule has 0 aliphatic heterocycles. The second-order valence-corrected chi connectivity index (χ2v) is 5.92. The molecule has 0 aliphatic rings. The van der Waals surface area contributed by atoms with Crippen molar-refractivity contribution >= 4 is 5.91 Å². The largest absolute Gasteiger partial charge is 0.396 e. The minimum absolute atomic E-state index is 0.133. The Morgan fingerprint density at radius 1 is 1.10 bits per heavy atom. The molecule has 0 radical (unpaired) electrons. The standard InChI is InChI=1S/C16H34N2O2/c1-4-16(5-2,14-19)13-18(3)15(20)11-9-7-6-8-10-12-17/h19H,4-14,17H2,1-3H3. The van der Waals surface area contributed by atoms with Gasteiger partial charge in [-0.2, -0.15) is 0 Å². The maximum atomic E-state index is 12.1. The van der Waals surface area contributed by atoms with Crippen molar-refractivity contribution in [2.24, 2.45) is 11.1 Å². The van der Waals surface area contributed by atoms with Crippen molar-refractivity contribution in [3.8, 4) is 0 Å². The van der Waals surface area contributed by atoms with Crippen LogP contribution in [-0.4, -0.2) is 42.7 Å². The Morgan fingerprint density at radius 3 is 2.15 bits per heavy atom. The zero-order chi connectivity index (χ0) is 15.4. The predicted octanol–water partition coefficient (Wildman–Crippen LogP) is 2.54. The summed E-state index contributed by atoms with van der Waals surface area (Å²) in [7, 11) is 1.85. The molecule has 0 aliphatic carbocycles. The molecule has 0 bridgehead atoms. The van der Waals surface area contributed by atoms with E-state index in [-0.39, 0.29) is 17.9 Å². The van der Waals surface area contributed by atoms with Crippen molar-refractivity contribution in [2.45, 2.75) is 65.2 Å². The third kappa shape index (κ3) is 7.25. The quantitative estimate of drug-likeness (QED) is 0.542. The molecular weight excluding hydrogens is 252 g/mol. The average Bonchev–Trinajstić information content (AvgIpc) is 2.48. The van der Waals surface area contributed by atoms with Crippen LogP contribution in [0.25, 0.3) is 0 Å². The van der Waals surface area contributed by atoms with Crippen LogP contribution < -0.4 is 5.73 Å². The third-order valence-corrected chi connectivity index (χ3v) is 4.43. The minimum Gasteiger partial charge on any atom is -0.396 e. The molecule has 0 aromatic carbocycles. The van der Waals surface area contributed by atoms with Gasteiger partial charge in [-0.25, -0.2) is 0 Å². The van der Waals surface area contributed by atoms with Crippen molar-refractivity contribution in [3.63, 3.8) is 0 Å². The number of nitrogens with two attached hydrogens (primary N) is 1. The van der Waals surface area contributed by atoms with Gasteiger partial charge in [-0.1, -0.05) is 33.1 Å². The second-order valence-electron chi connectivity index (χ2n) is 5.92. The Morgan fingerprint density at radius 2 is 1.65 bits per heavy atom. The van der Waals surface area contributed by atoms with Gasteiger partial charge in [0.25, 0.3) is 0 Å². The number of hydrogen-bond donors (Lipinski definition) is 2. The molecule has 0 unspecified atom stereocenters. The van der Waals surface area contributed by atoms with Gasteiger partial charge in [0.1, 0.15) is 0 Å². The first-order valence-electron chi connectivity index (χ1n) is 8.10. The van der Waals surface area contributed by atoms with Gasteiger partial charge in [-0.3, -0.25) is 4.79 Å². The van der Waals surface area contributed by atoms with Crippen LogP contribution in [0, 0.1) is 5.41 Å². The van der Waals surface area contributed by atoms with E-state index in [1.54, 1.807) is 4.90 Å². The minimum atomic E-state index is -0.133. The van der Waals surface area contributed by atoms with Crippen LogP contribution >= 0.6 is 0 Å². The molecule has 0 saturated carbocycles. The summed E-state index contributed by atoms with van der Waals surface area (Å²) in [5, 5.41) is 9.56. The summed E-state index contributed by atoms with van der Waals surface area (Å²) in [6, 6.07) is 0. The van der Waals surface area contributed by atoms with Crippen molar-refractivity contribution in [1.82, 2.24) is 4.90 Å². The summed E-state index contributed by atoms with van der Waals surface area (Å²) in [5.41, 5.74) is 5.31. The molecule has 0 spiro atoms. The number of rotatable bonds is 12. The normalized spacial score (nSPS) is 11.7. The smallest absolute Gasteiger partial charge is 0.222 e. The summed E-state index contributed by atoms with van der Waals surface area (Å²) < 4.78 is 0. The lowest BCUT2D eigenvalue weighted by Gasteiger charge is -2.34. The lowest BCUT2D eigenvalue weighted by atomic mass is 9.82. The fourth-order valence-corrected chi connectivity index (χ4v) is 2.48. The highest BCUT2D eigenvalue weighted by atomic mass is 16.3. The third-order valence-electron chi connectivity index (χ3n) is 4.43. The first kappa shape index (κ1) is 19.4. The maximum absolute atomic E-state index is 12.1. The lowest BCUT2D eigenvalue weighted by Crippen LogP contribution is -2.40. The van der Waals surface area contributed by atoms with E-state index in [0.717, 1.165) is 38.6 Å². The SMILES string of the molecule is CCC(CC)(CO)CN(C)C(=O)CCCCCCCN. The van der Waals surface area contributed by atoms with Gasteiger partial charge in [-0.15, -0.1) is 0 Å². The molecule has 3 N–H and O–H groups in total. The molecule has 4 nitrogen and oxygen atoms in total. The first-order valence-corrected chi connectivity index (χ1v) is 8.10. The van der Waals surface area contributed by atoms with Crippen LogP contribution in [0.5, 0.6) is 0 Å². The van der Waals surface area contributed by atoms with Crippen LogP contribution in [0.3, 0.4) is 0 Å². The molecule has 0 aromatic rings.